The number of carbonyl (C=O) groups excluding carboxylic acids is 2. The van der Waals surface area contributed by atoms with Crippen molar-refractivity contribution in [3.8, 4) is 0 Å². The Kier molecular flexibility index (Phi) is 4.40. The first kappa shape index (κ1) is 16.2. The third-order valence-corrected chi connectivity index (χ3v) is 6.81. The number of allylic oxidation sites excluding steroid dienone is 2. The lowest BCUT2D eigenvalue weighted by Crippen LogP contribution is -2.48. The van der Waals surface area contributed by atoms with E-state index in [2.05, 4.69) is 17.1 Å². The highest BCUT2D eigenvalue weighted by Gasteiger charge is 2.43. The molecule has 0 bridgehead atoms. The van der Waals surface area contributed by atoms with Gasteiger partial charge < -0.3 is 9.80 Å². The fourth-order valence-corrected chi connectivity index (χ4v) is 5.43. The second-order valence-electron chi connectivity index (χ2n) is 8.46. The van der Waals surface area contributed by atoms with Crippen LogP contribution in [0.1, 0.15) is 64.2 Å². The maximum Gasteiger partial charge on any atom is 0.228 e. The molecule has 0 radical (unpaired) electrons. The lowest BCUT2D eigenvalue weighted by atomic mass is 9.71. The smallest absolute Gasteiger partial charge is 0.228 e. The SMILES string of the molecule is O=C([C@@H]1CC(=O)N(C2CCCC2)C1)N1CCC[C@]2(CC=CCC2)C1. The van der Waals surface area contributed by atoms with Gasteiger partial charge in [-0.2, -0.15) is 0 Å². The minimum Gasteiger partial charge on any atom is -0.342 e. The third kappa shape index (κ3) is 3.00. The largest absolute Gasteiger partial charge is 0.342 e. The van der Waals surface area contributed by atoms with Crippen LogP contribution in [-0.2, 0) is 9.59 Å². The Labute approximate surface area is 145 Å². The van der Waals surface area contributed by atoms with Gasteiger partial charge in [-0.3, -0.25) is 9.59 Å². The molecule has 2 amide bonds. The average molecular weight is 330 g/mol. The minimum atomic E-state index is -0.0904. The number of hydrogen-bond donors (Lipinski definition) is 0. The average Bonchev–Trinajstić information content (AvgIpc) is 3.24. The summed E-state index contributed by atoms with van der Waals surface area (Å²) in [7, 11) is 0. The molecule has 4 aliphatic rings. The Morgan fingerprint density at radius 3 is 2.71 bits per heavy atom. The topological polar surface area (TPSA) is 40.6 Å². The Balaban J connectivity index is 1.40. The van der Waals surface area contributed by atoms with Gasteiger partial charge in [0.25, 0.3) is 0 Å². The van der Waals surface area contributed by atoms with E-state index >= 15 is 0 Å². The molecule has 0 N–H and O–H groups in total. The quantitative estimate of drug-likeness (QED) is 0.730. The molecule has 3 fully saturated rings. The first-order valence-corrected chi connectivity index (χ1v) is 9.90. The first-order valence-electron chi connectivity index (χ1n) is 9.90. The summed E-state index contributed by atoms with van der Waals surface area (Å²) in [5, 5.41) is 0. The molecule has 0 unspecified atom stereocenters. The minimum absolute atomic E-state index is 0.0904. The Hall–Kier alpha value is -1.32. The summed E-state index contributed by atoms with van der Waals surface area (Å²) in [6.07, 6.45) is 15.6. The van der Waals surface area contributed by atoms with Gasteiger partial charge in [0.1, 0.15) is 0 Å². The highest BCUT2D eigenvalue weighted by Crippen LogP contribution is 2.41. The van der Waals surface area contributed by atoms with Crippen LogP contribution in [0.5, 0.6) is 0 Å². The van der Waals surface area contributed by atoms with Crippen LogP contribution < -0.4 is 0 Å². The molecular formula is C20H30N2O2. The Morgan fingerprint density at radius 2 is 1.96 bits per heavy atom. The van der Waals surface area contributed by atoms with Crippen molar-refractivity contribution in [1.29, 1.82) is 0 Å². The molecule has 4 nitrogen and oxygen atoms in total. The van der Waals surface area contributed by atoms with E-state index in [-0.39, 0.29) is 17.7 Å². The van der Waals surface area contributed by atoms with E-state index in [1.165, 1.54) is 25.7 Å². The number of hydrogen-bond acceptors (Lipinski definition) is 2. The van der Waals surface area contributed by atoms with Gasteiger partial charge >= 0.3 is 0 Å². The van der Waals surface area contributed by atoms with Crippen molar-refractivity contribution in [2.45, 2.75) is 70.3 Å². The van der Waals surface area contributed by atoms with E-state index in [9.17, 15) is 9.59 Å². The standard InChI is InChI=1S/C20H30N2O2/c23-18-13-16(14-22(18)17-7-2-3-8-17)19(24)21-12-6-11-20(15-21)9-4-1-5-10-20/h1,4,16-17H,2-3,5-15H2/t16-,20-/m1/s1. The van der Waals surface area contributed by atoms with Gasteiger partial charge in [-0.25, -0.2) is 0 Å². The van der Waals surface area contributed by atoms with Crippen LogP contribution in [0.3, 0.4) is 0 Å². The highest BCUT2D eigenvalue weighted by atomic mass is 16.2. The molecule has 132 valence electrons. The molecule has 24 heavy (non-hydrogen) atoms. The maximum atomic E-state index is 13.1. The zero-order valence-corrected chi connectivity index (χ0v) is 14.7. The van der Waals surface area contributed by atoms with E-state index < -0.39 is 0 Å². The van der Waals surface area contributed by atoms with Crippen molar-refractivity contribution in [3.05, 3.63) is 12.2 Å². The van der Waals surface area contributed by atoms with Crippen LogP contribution in [0.15, 0.2) is 12.2 Å². The van der Waals surface area contributed by atoms with E-state index in [4.69, 9.17) is 0 Å². The van der Waals surface area contributed by atoms with Crippen LogP contribution >= 0.6 is 0 Å². The summed E-state index contributed by atoms with van der Waals surface area (Å²) < 4.78 is 0. The predicted molar refractivity (Wildman–Crippen MR) is 93.3 cm³/mol. The van der Waals surface area contributed by atoms with Crippen molar-refractivity contribution in [2.24, 2.45) is 11.3 Å². The molecule has 1 saturated carbocycles. The number of piperidine rings is 1. The molecule has 0 aromatic heterocycles. The first-order chi connectivity index (χ1) is 11.7. The molecule has 2 saturated heterocycles. The second kappa shape index (κ2) is 6.53. The normalized spacial score (nSPS) is 34.5. The van der Waals surface area contributed by atoms with Gasteiger partial charge in [0, 0.05) is 32.1 Å². The summed E-state index contributed by atoms with van der Waals surface area (Å²) in [6.45, 7) is 2.47. The molecule has 2 heterocycles. The van der Waals surface area contributed by atoms with Gasteiger partial charge in [0.2, 0.25) is 11.8 Å². The fraction of sp³-hybridized carbons (Fsp3) is 0.800. The lowest BCUT2D eigenvalue weighted by molar-refractivity contribution is -0.139. The molecule has 1 spiro atoms. The Morgan fingerprint density at radius 1 is 1.12 bits per heavy atom. The monoisotopic (exact) mass is 330 g/mol. The van der Waals surface area contributed by atoms with E-state index in [1.54, 1.807) is 0 Å². The van der Waals surface area contributed by atoms with Crippen LogP contribution in [0.25, 0.3) is 0 Å². The van der Waals surface area contributed by atoms with Crippen molar-refractivity contribution >= 4 is 11.8 Å². The molecule has 4 heteroatoms. The maximum absolute atomic E-state index is 13.1. The molecule has 0 aromatic carbocycles. The summed E-state index contributed by atoms with van der Waals surface area (Å²) >= 11 is 0. The van der Waals surface area contributed by atoms with Crippen molar-refractivity contribution in [2.75, 3.05) is 19.6 Å². The number of likely N-dealkylation sites (tertiary alicyclic amines) is 2. The van der Waals surface area contributed by atoms with Crippen LogP contribution in [0.2, 0.25) is 0 Å². The number of rotatable bonds is 2. The predicted octanol–water partition coefficient (Wildman–Crippen LogP) is 3.13. The summed E-state index contributed by atoms with van der Waals surface area (Å²) in [6, 6.07) is 0.409. The van der Waals surface area contributed by atoms with Gasteiger partial charge in [0.15, 0.2) is 0 Å². The molecule has 2 aliphatic heterocycles. The molecule has 2 aliphatic carbocycles. The molecule has 4 rings (SSSR count). The number of carbonyl (C=O) groups is 2. The zero-order valence-electron chi connectivity index (χ0n) is 14.7. The second-order valence-corrected chi connectivity index (χ2v) is 8.46. The zero-order chi connectivity index (χ0) is 16.6. The van der Waals surface area contributed by atoms with Crippen LogP contribution in [-0.4, -0.2) is 47.3 Å². The summed E-state index contributed by atoms with van der Waals surface area (Å²) in [4.78, 5) is 29.6. The summed E-state index contributed by atoms with van der Waals surface area (Å²) in [5.41, 5.74) is 0.316. The van der Waals surface area contributed by atoms with Gasteiger partial charge in [0.05, 0.1) is 5.92 Å². The van der Waals surface area contributed by atoms with Crippen LogP contribution in [0, 0.1) is 11.3 Å². The summed E-state index contributed by atoms with van der Waals surface area (Å²) in [5.74, 6) is 0.373. The van der Waals surface area contributed by atoms with Crippen molar-refractivity contribution in [1.82, 2.24) is 9.80 Å². The third-order valence-electron chi connectivity index (χ3n) is 6.81. The van der Waals surface area contributed by atoms with Gasteiger partial charge in [-0.1, -0.05) is 25.0 Å². The van der Waals surface area contributed by atoms with Crippen molar-refractivity contribution < 1.29 is 9.59 Å². The Bertz CT molecular complexity index is 538. The molecular weight excluding hydrogens is 300 g/mol. The van der Waals surface area contributed by atoms with Gasteiger partial charge in [-0.15, -0.1) is 0 Å². The van der Waals surface area contributed by atoms with Crippen LogP contribution in [0.4, 0.5) is 0 Å². The van der Waals surface area contributed by atoms with Gasteiger partial charge in [-0.05, 0) is 50.4 Å². The molecule has 0 aromatic rings. The van der Waals surface area contributed by atoms with E-state index in [1.807, 2.05) is 4.90 Å². The van der Waals surface area contributed by atoms with Crippen molar-refractivity contribution in [3.63, 3.8) is 0 Å². The number of amides is 2. The number of nitrogens with zero attached hydrogens (tertiary/aromatic N) is 2. The fourth-order valence-electron chi connectivity index (χ4n) is 5.43. The van der Waals surface area contributed by atoms with E-state index in [0.717, 1.165) is 45.2 Å². The molecule has 2 atom stereocenters. The van der Waals surface area contributed by atoms with E-state index in [0.29, 0.717) is 24.4 Å². The lowest BCUT2D eigenvalue weighted by Gasteiger charge is -2.44. The highest BCUT2D eigenvalue weighted by molar-refractivity contribution is 5.89.